The molecule has 0 unspecified atom stereocenters. The Labute approximate surface area is 116 Å². The molecule has 2 aromatic carbocycles. The van der Waals surface area contributed by atoms with Gasteiger partial charge in [-0.3, -0.25) is 0 Å². The largest absolute Gasteiger partial charge is 0.456 e. The highest BCUT2D eigenvalue weighted by molar-refractivity contribution is 9.10. The summed E-state index contributed by atoms with van der Waals surface area (Å²) in [7, 11) is 0. The molecule has 0 atom stereocenters. The Morgan fingerprint density at radius 2 is 1.76 bits per heavy atom. The van der Waals surface area contributed by atoms with Gasteiger partial charge in [0.05, 0.1) is 0 Å². The molecule has 4 heteroatoms. The number of halogens is 3. The van der Waals surface area contributed by atoms with Crippen molar-refractivity contribution in [2.45, 2.75) is 6.92 Å². The van der Waals surface area contributed by atoms with Crippen LogP contribution in [0, 0.1) is 6.92 Å². The summed E-state index contributed by atoms with van der Waals surface area (Å²) in [6.07, 6.45) is 0. The van der Waals surface area contributed by atoms with Crippen LogP contribution in [0.4, 0.5) is 0 Å². The molecule has 3 rings (SSSR count). The van der Waals surface area contributed by atoms with E-state index in [1.807, 2.05) is 31.2 Å². The molecule has 3 aromatic rings. The zero-order chi connectivity index (χ0) is 12.2. The molecule has 0 bridgehead atoms. The van der Waals surface area contributed by atoms with Crippen LogP contribution >= 0.6 is 39.1 Å². The first-order chi connectivity index (χ1) is 8.06. The summed E-state index contributed by atoms with van der Waals surface area (Å²) < 4.78 is 6.74. The first kappa shape index (κ1) is 11.4. The normalized spacial score (nSPS) is 11.5. The van der Waals surface area contributed by atoms with Crippen molar-refractivity contribution in [3.05, 3.63) is 44.3 Å². The third-order valence-corrected chi connectivity index (χ3v) is 3.80. The van der Waals surface area contributed by atoms with Gasteiger partial charge in [0.2, 0.25) is 0 Å². The fourth-order valence-electron chi connectivity index (χ4n) is 2.05. The minimum atomic E-state index is 0.646. The van der Waals surface area contributed by atoms with Crippen LogP contribution in [0.5, 0.6) is 0 Å². The Morgan fingerprint density at radius 1 is 1.06 bits per heavy atom. The van der Waals surface area contributed by atoms with E-state index in [1.165, 1.54) is 0 Å². The van der Waals surface area contributed by atoms with Gasteiger partial charge in [0.25, 0.3) is 0 Å². The van der Waals surface area contributed by atoms with Gasteiger partial charge in [-0.2, -0.15) is 0 Å². The molecular weight excluding hydrogens is 323 g/mol. The minimum Gasteiger partial charge on any atom is -0.456 e. The van der Waals surface area contributed by atoms with E-state index in [2.05, 4.69) is 15.9 Å². The fraction of sp³-hybridized carbons (Fsp3) is 0.0769. The number of benzene rings is 2. The predicted octanol–water partition coefficient (Wildman–Crippen LogP) is 5.96. The number of rotatable bonds is 0. The van der Waals surface area contributed by atoms with Gasteiger partial charge in [0, 0.05) is 31.4 Å². The summed E-state index contributed by atoms with van der Waals surface area (Å²) in [6.45, 7) is 1.98. The third-order valence-electron chi connectivity index (χ3n) is 2.74. The molecule has 0 aliphatic heterocycles. The number of aryl methyl sites for hydroxylation is 1. The van der Waals surface area contributed by atoms with E-state index in [9.17, 15) is 0 Å². The average Bonchev–Trinajstić information content (AvgIpc) is 2.56. The molecule has 0 fully saturated rings. The smallest absolute Gasteiger partial charge is 0.138 e. The van der Waals surface area contributed by atoms with E-state index >= 15 is 0 Å². The van der Waals surface area contributed by atoms with Crippen LogP contribution in [0.25, 0.3) is 21.9 Å². The van der Waals surface area contributed by atoms with Crippen LogP contribution in [0.1, 0.15) is 5.56 Å². The second kappa shape index (κ2) is 3.91. The van der Waals surface area contributed by atoms with E-state index in [0.717, 1.165) is 32.0 Å². The highest BCUT2D eigenvalue weighted by Crippen LogP contribution is 2.38. The maximum atomic E-state index is 6.08. The molecule has 0 saturated carbocycles. The van der Waals surface area contributed by atoms with Crippen LogP contribution in [-0.2, 0) is 0 Å². The standard InChI is InChI=1S/C13H7BrCl2O/c1-6-2-7(15)3-9-12-10(14)4-8(16)5-11(12)17-13(6)9/h2-5H,1H3. The van der Waals surface area contributed by atoms with Crippen LogP contribution in [0.3, 0.4) is 0 Å². The lowest BCUT2D eigenvalue weighted by atomic mass is 10.1. The number of hydrogen-bond donors (Lipinski definition) is 0. The molecule has 0 aliphatic carbocycles. The summed E-state index contributed by atoms with van der Waals surface area (Å²) in [5.41, 5.74) is 2.64. The Balaban J connectivity index is 2.60. The van der Waals surface area contributed by atoms with Crippen molar-refractivity contribution >= 4 is 61.1 Å². The maximum Gasteiger partial charge on any atom is 0.138 e. The molecule has 0 saturated heterocycles. The topological polar surface area (TPSA) is 13.1 Å². The van der Waals surface area contributed by atoms with Crippen molar-refractivity contribution in [1.82, 2.24) is 0 Å². The van der Waals surface area contributed by atoms with Gasteiger partial charge in [-0.15, -0.1) is 0 Å². The molecule has 86 valence electrons. The summed E-state index contributed by atoms with van der Waals surface area (Å²) in [5, 5.41) is 3.37. The second-order valence-electron chi connectivity index (χ2n) is 3.96. The number of furan rings is 1. The van der Waals surface area contributed by atoms with Crippen LogP contribution in [0.15, 0.2) is 33.2 Å². The quantitative estimate of drug-likeness (QED) is 0.495. The number of fused-ring (bicyclic) bond motifs is 3. The highest BCUT2D eigenvalue weighted by Gasteiger charge is 2.13. The van der Waals surface area contributed by atoms with Gasteiger partial charge >= 0.3 is 0 Å². The lowest BCUT2D eigenvalue weighted by Crippen LogP contribution is -1.74. The second-order valence-corrected chi connectivity index (χ2v) is 5.69. The van der Waals surface area contributed by atoms with E-state index in [0.29, 0.717) is 10.0 Å². The van der Waals surface area contributed by atoms with Crippen molar-refractivity contribution in [2.24, 2.45) is 0 Å². The van der Waals surface area contributed by atoms with Crippen molar-refractivity contribution in [2.75, 3.05) is 0 Å². The lowest BCUT2D eigenvalue weighted by Gasteiger charge is -1.97. The SMILES string of the molecule is Cc1cc(Cl)cc2c1oc1cc(Cl)cc(Br)c12. The van der Waals surface area contributed by atoms with Crippen LogP contribution < -0.4 is 0 Å². The van der Waals surface area contributed by atoms with Crippen molar-refractivity contribution in [1.29, 1.82) is 0 Å². The fourth-order valence-corrected chi connectivity index (χ4v) is 3.32. The van der Waals surface area contributed by atoms with E-state index < -0.39 is 0 Å². The minimum absolute atomic E-state index is 0.646. The van der Waals surface area contributed by atoms with Gasteiger partial charge in [-0.1, -0.05) is 23.2 Å². The molecule has 0 N–H and O–H groups in total. The van der Waals surface area contributed by atoms with Gasteiger partial charge in [-0.25, -0.2) is 0 Å². The first-order valence-electron chi connectivity index (χ1n) is 5.03. The first-order valence-corrected chi connectivity index (χ1v) is 6.58. The molecule has 0 amide bonds. The third kappa shape index (κ3) is 1.75. The van der Waals surface area contributed by atoms with Gasteiger partial charge in [-0.05, 0) is 46.6 Å². The van der Waals surface area contributed by atoms with E-state index in [1.54, 1.807) is 0 Å². The lowest BCUT2D eigenvalue weighted by molar-refractivity contribution is 0.666. The summed E-state index contributed by atoms with van der Waals surface area (Å²) in [6, 6.07) is 7.47. The zero-order valence-electron chi connectivity index (χ0n) is 8.85. The molecule has 1 heterocycles. The monoisotopic (exact) mass is 328 g/mol. The van der Waals surface area contributed by atoms with Gasteiger partial charge in [0.1, 0.15) is 11.2 Å². The Kier molecular flexibility index (Phi) is 2.62. The Bertz CT molecular complexity index is 746. The summed E-state index contributed by atoms with van der Waals surface area (Å²) in [4.78, 5) is 0. The van der Waals surface area contributed by atoms with E-state index in [-0.39, 0.29) is 0 Å². The van der Waals surface area contributed by atoms with Gasteiger partial charge < -0.3 is 4.42 Å². The van der Waals surface area contributed by atoms with Crippen LogP contribution in [-0.4, -0.2) is 0 Å². The Morgan fingerprint density at radius 3 is 2.53 bits per heavy atom. The average molecular weight is 330 g/mol. The Hall–Kier alpha value is -0.700. The molecular formula is C13H7BrCl2O. The number of hydrogen-bond acceptors (Lipinski definition) is 1. The van der Waals surface area contributed by atoms with Crippen molar-refractivity contribution < 1.29 is 4.42 Å². The molecule has 0 spiro atoms. The van der Waals surface area contributed by atoms with Crippen molar-refractivity contribution in [3.8, 4) is 0 Å². The van der Waals surface area contributed by atoms with E-state index in [4.69, 9.17) is 27.6 Å². The molecule has 0 radical (unpaired) electrons. The zero-order valence-corrected chi connectivity index (χ0v) is 11.9. The highest BCUT2D eigenvalue weighted by atomic mass is 79.9. The summed E-state index contributed by atoms with van der Waals surface area (Å²) in [5.74, 6) is 0. The summed E-state index contributed by atoms with van der Waals surface area (Å²) >= 11 is 15.6. The maximum absolute atomic E-state index is 6.08. The molecule has 0 aliphatic rings. The van der Waals surface area contributed by atoms with Crippen molar-refractivity contribution in [3.63, 3.8) is 0 Å². The molecule has 1 nitrogen and oxygen atoms in total. The van der Waals surface area contributed by atoms with Crippen LogP contribution in [0.2, 0.25) is 10.0 Å². The molecule has 17 heavy (non-hydrogen) atoms. The van der Waals surface area contributed by atoms with Gasteiger partial charge in [0.15, 0.2) is 0 Å². The predicted molar refractivity (Wildman–Crippen MR) is 76.2 cm³/mol. The molecule has 1 aromatic heterocycles.